The lowest BCUT2D eigenvalue weighted by Crippen LogP contribution is -2.41. The summed E-state index contributed by atoms with van der Waals surface area (Å²) in [5, 5.41) is 9.72. The van der Waals surface area contributed by atoms with Gasteiger partial charge in [0, 0.05) is 61.7 Å². The normalized spacial score (nSPS) is 22.7. The van der Waals surface area contributed by atoms with Crippen LogP contribution in [0.15, 0.2) is 42.5 Å². The van der Waals surface area contributed by atoms with Crippen LogP contribution in [0.25, 0.3) is 0 Å². The monoisotopic (exact) mass is 476 g/mol. The van der Waals surface area contributed by atoms with Crippen molar-refractivity contribution in [3.63, 3.8) is 0 Å². The average Bonchev–Trinajstić information content (AvgIpc) is 3.20. The number of piperidine rings is 2. The third-order valence-corrected chi connectivity index (χ3v) is 8.62. The Balaban J connectivity index is 1.20. The molecule has 3 saturated heterocycles. The highest BCUT2D eigenvalue weighted by Crippen LogP contribution is 2.46. The van der Waals surface area contributed by atoms with Gasteiger partial charge in [-0.3, -0.25) is 0 Å². The first-order valence-corrected chi connectivity index (χ1v) is 12.9. The molecule has 3 fully saturated rings. The maximum atomic E-state index is 11.0. The van der Waals surface area contributed by atoms with Crippen LogP contribution >= 0.6 is 11.6 Å². The number of benzene rings is 2. The van der Waals surface area contributed by atoms with Crippen LogP contribution < -0.4 is 14.7 Å². The largest absolute Gasteiger partial charge is 0.371 e. The van der Waals surface area contributed by atoms with Crippen molar-refractivity contribution in [3.05, 3.63) is 53.1 Å². The van der Waals surface area contributed by atoms with E-state index in [-0.39, 0.29) is 5.92 Å². The summed E-state index contributed by atoms with van der Waals surface area (Å²) in [5.74, 6) is 0.235. The highest BCUT2D eigenvalue weighted by atomic mass is 35.5. The Labute approximate surface area is 207 Å². The van der Waals surface area contributed by atoms with Crippen molar-refractivity contribution in [1.29, 1.82) is 5.26 Å². The van der Waals surface area contributed by atoms with E-state index in [1.54, 1.807) is 0 Å². The molecule has 3 aliphatic rings. The molecule has 0 amide bonds. The number of anilines is 3. The van der Waals surface area contributed by atoms with Gasteiger partial charge in [-0.1, -0.05) is 11.6 Å². The van der Waals surface area contributed by atoms with Crippen LogP contribution in [0.3, 0.4) is 0 Å². The highest BCUT2D eigenvalue weighted by Gasteiger charge is 2.44. The molecule has 0 aromatic heterocycles. The first-order valence-electron chi connectivity index (χ1n) is 12.5. The number of nitrogens with zero attached hydrogens (tertiary/aromatic N) is 4. The second kappa shape index (κ2) is 9.50. The van der Waals surface area contributed by atoms with Crippen LogP contribution in [-0.4, -0.2) is 45.1 Å². The molecule has 0 saturated carbocycles. The van der Waals surface area contributed by atoms with E-state index in [1.165, 1.54) is 30.6 Å². The van der Waals surface area contributed by atoms with Crippen LogP contribution in [0.1, 0.15) is 44.6 Å². The van der Waals surface area contributed by atoms with Gasteiger partial charge in [-0.25, -0.2) is 0 Å². The second-order valence-electron chi connectivity index (χ2n) is 10.4. The average molecular weight is 477 g/mol. The minimum Gasteiger partial charge on any atom is -0.371 e. The SMILES string of the molecule is C[C@H]1CC2(CCN(c3ccc(N4CCC(C=O)CC4)cc3)CC2)CN1c1ccc(C#N)c(Cl)c1. The van der Waals surface area contributed by atoms with Gasteiger partial charge in [0.2, 0.25) is 0 Å². The Kier molecular flexibility index (Phi) is 6.44. The lowest BCUT2D eigenvalue weighted by molar-refractivity contribution is -0.111. The quantitative estimate of drug-likeness (QED) is 0.544. The van der Waals surface area contributed by atoms with Gasteiger partial charge in [0.25, 0.3) is 0 Å². The Morgan fingerprint density at radius 2 is 1.56 bits per heavy atom. The van der Waals surface area contributed by atoms with Crippen molar-refractivity contribution < 1.29 is 4.79 Å². The number of carbonyl (C=O) groups is 1. The third-order valence-electron chi connectivity index (χ3n) is 8.31. The molecule has 1 spiro atoms. The van der Waals surface area contributed by atoms with Crippen LogP contribution in [0.4, 0.5) is 17.1 Å². The van der Waals surface area contributed by atoms with Crippen LogP contribution in [0.5, 0.6) is 0 Å². The standard InChI is InChI=1S/C28H33ClN4O/c1-21-17-28(20-33(21)26-3-2-23(18-30)27(29)16-26)10-14-32(15-11-28)25-6-4-24(5-7-25)31-12-8-22(19-34)9-13-31/h2-7,16,19,21-22H,8-15,17,20H2,1H3/t21-/m0/s1. The fourth-order valence-electron chi connectivity index (χ4n) is 6.21. The Hall–Kier alpha value is -2.71. The van der Waals surface area contributed by atoms with Crippen molar-refractivity contribution >= 4 is 34.9 Å². The Morgan fingerprint density at radius 1 is 0.971 bits per heavy atom. The molecular weight excluding hydrogens is 444 g/mol. The zero-order valence-electron chi connectivity index (χ0n) is 19.9. The molecule has 6 heteroatoms. The minimum absolute atomic E-state index is 0.235. The number of hydrogen-bond donors (Lipinski definition) is 0. The van der Waals surface area contributed by atoms with Crippen molar-refractivity contribution in [2.45, 2.75) is 45.1 Å². The third kappa shape index (κ3) is 4.49. The number of nitriles is 1. The summed E-state index contributed by atoms with van der Waals surface area (Å²) < 4.78 is 0. The highest BCUT2D eigenvalue weighted by molar-refractivity contribution is 6.32. The molecule has 0 unspecified atom stereocenters. The van der Waals surface area contributed by atoms with Crippen LogP contribution in [0, 0.1) is 22.7 Å². The summed E-state index contributed by atoms with van der Waals surface area (Å²) in [6.45, 7) is 7.46. The molecule has 178 valence electrons. The molecule has 0 radical (unpaired) electrons. The van der Waals surface area contributed by atoms with E-state index >= 15 is 0 Å². The molecule has 3 heterocycles. The van der Waals surface area contributed by atoms with E-state index < -0.39 is 0 Å². The molecule has 1 atom stereocenters. The molecule has 2 aromatic rings. The fraction of sp³-hybridized carbons (Fsp3) is 0.500. The molecule has 34 heavy (non-hydrogen) atoms. The number of halogens is 1. The molecule has 0 N–H and O–H groups in total. The molecule has 5 rings (SSSR count). The van der Waals surface area contributed by atoms with Gasteiger partial charge in [-0.15, -0.1) is 0 Å². The molecule has 3 aliphatic heterocycles. The van der Waals surface area contributed by atoms with Crippen molar-refractivity contribution in [2.75, 3.05) is 47.4 Å². The van der Waals surface area contributed by atoms with Gasteiger partial charge < -0.3 is 19.5 Å². The number of hydrogen-bond acceptors (Lipinski definition) is 5. The van der Waals surface area contributed by atoms with Crippen molar-refractivity contribution in [2.24, 2.45) is 11.3 Å². The summed E-state index contributed by atoms with van der Waals surface area (Å²) in [6.07, 6.45) is 6.63. The smallest absolute Gasteiger partial charge is 0.123 e. The van der Waals surface area contributed by atoms with E-state index in [9.17, 15) is 10.1 Å². The predicted molar refractivity (Wildman–Crippen MR) is 139 cm³/mol. The maximum absolute atomic E-state index is 11.0. The van der Waals surface area contributed by atoms with Gasteiger partial charge in [-0.05, 0) is 86.9 Å². The number of carbonyl (C=O) groups excluding carboxylic acids is 1. The fourth-order valence-corrected chi connectivity index (χ4v) is 6.42. The summed E-state index contributed by atoms with van der Waals surface area (Å²) in [6, 6.07) is 17.5. The van der Waals surface area contributed by atoms with Crippen molar-refractivity contribution in [1.82, 2.24) is 0 Å². The minimum atomic E-state index is 0.235. The van der Waals surface area contributed by atoms with Gasteiger partial charge >= 0.3 is 0 Å². The van der Waals surface area contributed by atoms with Gasteiger partial charge in [0.05, 0.1) is 10.6 Å². The van der Waals surface area contributed by atoms with E-state index in [1.807, 2.05) is 18.2 Å². The zero-order chi connectivity index (χ0) is 23.7. The Bertz CT molecular complexity index is 1060. The molecule has 0 aliphatic carbocycles. The van der Waals surface area contributed by atoms with Gasteiger partial charge in [0.15, 0.2) is 0 Å². The van der Waals surface area contributed by atoms with E-state index in [0.717, 1.165) is 57.5 Å². The summed E-state index contributed by atoms with van der Waals surface area (Å²) in [4.78, 5) is 18.4. The van der Waals surface area contributed by atoms with E-state index in [4.69, 9.17) is 11.6 Å². The van der Waals surface area contributed by atoms with Crippen LogP contribution in [-0.2, 0) is 4.79 Å². The summed E-state index contributed by atoms with van der Waals surface area (Å²) >= 11 is 6.32. The summed E-state index contributed by atoms with van der Waals surface area (Å²) in [7, 11) is 0. The first-order chi connectivity index (χ1) is 16.5. The molecule has 5 nitrogen and oxygen atoms in total. The maximum Gasteiger partial charge on any atom is 0.123 e. The van der Waals surface area contributed by atoms with Crippen molar-refractivity contribution in [3.8, 4) is 6.07 Å². The number of rotatable bonds is 4. The second-order valence-corrected chi connectivity index (χ2v) is 10.8. The predicted octanol–water partition coefficient (Wildman–Crippen LogP) is 5.51. The molecule has 0 bridgehead atoms. The van der Waals surface area contributed by atoms with Crippen LogP contribution in [0.2, 0.25) is 5.02 Å². The van der Waals surface area contributed by atoms with E-state index in [0.29, 0.717) is 22.0 Å². The van der Waals surface area contributed by atoms with Gasteiger partial charge in [0.1, 0.15) is 12.4 Å². The molecule has 2 aromatic carbocycles. The van der Waals surface area contributed by atoms with Gasteiger partial charge in [-0.2, -0.15) is 5.26 Å². The first kappa shape index (κ1) is 23.1. The topological polar surface area (TPSA) is 50.6 Å². The Morgan fingerprint density at radius 3 is 2.12 bits per heavy atom. The van der Waals surface area contributed by atoms with E-state index in [2.05, 4.69) is 52.0 Å². The number of aldehydes is 1. The molecular formula is C28H33ClN4O. The lowest BCUT2D eigenvalue weighted by atomic mass is 9.76. The summed E-state index contributed by atoms with van der Waals surface area (Å²) in [5.41, 5.74) is 4.59. The lowest BCUT2D eigenvalue weighted by Gasteiger charge is -2.40. The zero-order valence-corrected chi connectivity index (χ0v) is 20.7.